The maximum atomic E-state index is 6.03. The van der Waals surface area contributed by atoms with E-state index in [0.717, 1.165) is 29.1 Å². The fourth-order valence-corrected chi connectivity index (χ4v) is 2.74. The topological polar surface area (TPSA) is 41.9 Å². The van der Waals surface area contributed by atoms with Crippen molar-refractivity contribution in [3.8, 4) is 0 Å². The van der Waals surface area contributed by atoms with E-state index < -0.39 is 0 Å². The van der Waals surface area contributed by atoms with Crippen molar-refractivity contribution in [3.63, 3.8) is 0 Å². The predicted octanol–water partition coefficient (Wildman–Crippen LogP) is 4.22. The second kappa shape index (κ2) is 7.11. The third-order valence-corrected chi connectivity index (χ3v) is 4.03. The third-order valence-electron chi connectivity index (χ3n) is 3.57. The van der Waals surface area contributed by atoms with Crippen molar-refractivity contribution >= 4 is 34.6 Å². The van der Waals surface area contributed by atoms with Crippen LogP contribution in [-0.4, -0.2) is 14.9 Å². The van der Waals surface area contributed by atoms with E-state index in [1.165, 1.54) is 0 Å². The number of nitrogens with zero attached hydrogens (tertiary/aromatic N) is 2. The molecule has 1 heterocycles. The Labute approximate surface area is 141 Å². The van der Waals surface area contributed by atoms with Gasteiger partial charge in [0.25, 0.3) is 0 Å². The number of benzene rings is 1. The van der Waals surface area contributed by atoms with Crippen molar-refractivity contribution in [1.82, 2.24) is 15.1 Å². The Kier molecular flexibility index (Phi) is 5.42. The molecule has 1 aromatic carbocycles. The van der Waals surface area contributed by atoms with Gasteiger partial charge in [0.15, 0.2) is 5.11 Å². The maximum absolute atomic E-state index is 6.03. The number of nitrogens with one attached hydrogen (secondary N) is 2. The molecule has 1 aromatic heterocycles. The van der Waals surface area contributed by atoms with E-state index in [1.54, 1.807) is 0 Å². The second-order valence-electron chi connectivity index (χ2n) is 5.30. The summed E-state index contributed by atoms with van der Waals surface area (Å²) in [5.74, 6) is 0. The first-order valence-corrected chi connectivity index (χ1v) is 8.07. The average molecular weight is 337 g/mol. The highest BCUT2D eigenvalue weighted by Gasteiger charge is 2.13. The van der Waals surface area contributed by atoms with Gasteiger partial charge in [-0.05, 0) is 57.6 Å². The van der Waals surface area contributed by atoms with Crippen molar-refractivity contribution in [2.24, 2.45) is 0 Å². The highest BCUT2D eigenvalue weighted by atomic mass is 35.5. The molecule has 0 spiro atoms. The molecule has 2 N–H and O–H groups in total. The van der Waals surface area contributed by atoms with Gasteiger partial charge in [0.2, 0.25) is 0 Å². The summed E-state index contributed by atoms with van der Waals surface area (Å²) in [6, 6.07) is 5.78. The van der Waals surface area contributed by atoms with Gasteiger partial charge < -0.3 is 10.6 Å². The fourth-order valence-electron chi connectivity index (χ4n) is 2.28. The zero-order valence-electron chi connectivity index (χ0n) is 13.3. The molecule has 0 fully saturated rings. The summed E-state index contributed by atoms with van der Waals surface area (Å²) in [6.45, 7) is 9.03. The quantitative estimate of drug-likeness (QED) is 0.820. The van der Waals surface area contributed by atoms with Crippen molar-refractivity contribution < 1.29 is 0 Å². The lowest BCUT2D eigenvalue weighted by atomic mass is 10.1. The molecule has 0 aliphatic rings. The number of rotatable bonds is 4. The van der Waals surface area contributed by atoms with Crippen LogP contribution in [0.3, 0.4) is 0 Å². The summed E-state index contributed by atoms with van der Waals surface area (Å²) in [6.07, 6.45) is 2.06. The van der Waals surface area contributed by atoms with Gasteiger partial charge in [0, 0.05) is 29.0 Å². The lowest BCUT2D eigenvalue weighted by Crippen LogP contribution is -2.31. The lowest BCUT2D eigenvalue weighted by Gasteiger charge is -2.17. The molecule has 1 atom stereocenters. The van der Waals surface area contributed by atoms with Crippen LogP contribution >= 0.6 is 23.8 Å². The summed E-state index contributed by atoms with van der Waals surface area (Å²) in [5.41, 5.74) is 4.17. The van der Waals surface area contributed by atoms with Crippen LogP contribution in [0.25, 0.3) is 0 Å². The van der Waals surface area contributed by atoms with Crippen LogP contribution in [0.5, 0.6) is 0 Å². The number of aryl methyl sites for hydroxylation is 3. The van der Waals surface area contributed by atoms with Gasteiger partial charge in [-0.3, -0.25) is 4.68 Å². The van der Waals surface area contributed by atoms with Gasteiger partial charge >= 0.3 is 0 Å². The molecule has 0 aliphatic carbocycles. The summed E-state index contributed by atoms with van der Waals surface area (Å²) < 4.78 is 1.93. The number of halogens is 1. The monoisotopic (exact) mass is 336 g/mol. The van der Waals surface area contributed by atoms with E-state index in [0.29, 0.717) is 10.1 Å². The fraction of sp³-hybridized carbons (Fsp3) is 0.375. The van der Waals surface area contributed by atoms with Crippen molar-refractivity contribution in [2.45, 2.75) is 40.3 Å². The minimum absolute atomic E-state index is 0.0831. The normalized spacial score (nSPS) is 12.0. The number of hydrogen-bond donors (Lipinski definition) is 2. The summed E-state index contributed by atoms with van der Waals surface area (Å²) >= 11 is 11.4. The zero-order valence-corrected chi connectivity index (χ0v) is 14.8. The van der Waals surface area contributed by atoms with E-state index in [9.17, 15) is 0 Å². The molecule has 2 aromatic rings. The van der Waals surface area contributed by atoms with Crippen molar-refractivity contribution in [2.75, 3.05) is 5.32 Å². The minimum Gasteiger partial charge on any atom is -0.356 e. The first-order chi connectivity index (χ1) is 10.4. The molecular weight excluding hydrogens is 316 g/mol. The van der Waals surface area contributed by atoms with E-state index in [1.807, 2.05) is 36.7 Å². The third kappa shape index (κ3) is 3.99. The smallest absolute Gasteiger partial charge is 0.171 e. The van der Waals surface area contributed by atoms with Crippen molar-refractivity contribution in [1.29, 1.82) is 0 Å². The van der Waals surface area contributed by atoms with E-state index in [2.05, 4.69) is 35.8 Å². The van der Waals surface area contributed by atoms with Crippen LogP contribution in [0.1, 0.15) is 36.7 Å². The van der Waals surface area contributed by atoms with Gasteiger partial charge in [-0.25, -0.2) is 0 Å². The summed E-state index contributed by atoms with van der Waals surface area (Å²) in [5, 5.41) is 12.2. The number of anilines is 1. The number of hydrogen-bond acceptors (Lipinski definition) is 2. The molecule has 1 unspecified atom stereocenters. The largest absolute Gasteiger partial charge is 0.356 e. The molecule has 118 valence electrons. The Bertz CT molecular complexity index is 681. The van der Waals surface area contributed by atoms with Crippen LogP contribution in [0.4, 0.5) is 5.69 Å². The molecule has 4 nitrogen and oxygen atoms in total. The Balaban J connectivity index is 2.05. The SMILES string of the molecule is CCn1cc(C(C)NC(=S)Nc2cc(Cl)ccc2C)c(C)n1. The van der Waals surface area contributed by atoms with Gasteiger partial charge in [0.05, 0.1) is 11.7 Å². The van der Waals surface area contributed by atoms with Crippen LogP contribution < -0.4 is 10.6 Å². The molecule has 2 rings (SSSR count). The predicted molar refractivity (Wildman–Crippen MR) is 96.6 cm³/mol. The van der Waals surface area contributed by atoms with Crippen LogP contribution in [0.15, 0.2) is 24.4 Å². The van der Waals surface area contributed by atoms with Gasteiger partial charge in [0.1, 0.15) is 0 Å². The second-order valence-corrected chi connectivity index (χ2v) is 6.15. The van der Waals surface area contributed by atoms with Crippen LogP contribution in [0, 0.1) is 13.8 Å². The standard InChI is InChI=1S/C16H21ClN4S/c1-5-21-9-14(12(4)20-21)11(3)18-16(22)19-15-8-13(17)7-6-10(15)2/h6-9,11H,5H2,1-4H3,(H2,18,19,22). The summed E-state index contributed by atoms with van der Waals surface area (Å²) in [4.78, 5) is 0. The molecule has 0 aliphatic heterocycles. The first kappa shape index (κ1) is 16.8. The first-order valence-electron chi connectivity index (χ1n) is 7.28. The van der Waals surface area contributed by atoms with E-state index in [4.69, 9.17) is 23.8 Å². The molecule has 0 saturated heterocycles. The van der Waals surface area contributed by atoms with Gasteiger partial charge in [-0.2, -0.15) is 5.10 Å². The maximum Gasteiger partial charge on any atom is 0.171 e. The molecule has 0 radical (unpaired) electrons. The van der Waals surface area contributed by atoms with Gasteiger partial charge in [-0.1, -0.05) is 17.7 Å². The molecule has 0 bridgehead atoms. The molecule has 6 heteroatoms. The Hall–Kier alpha value is -1.59. The molecule has 22 heavy (non-hydrogen) atoms. The molecule has 0 amide bonds. The highest BCUT2D eigenvalue weighted by molar-refractivity contribution is 7.80. The van der Waals surface area contributed by atoms with Crippen LogP contribution in [0.2, 0.25) is 5.02 Å². The van der Waals surface area contributed by atoms with E-state index in [-0.39, 0.29) is 6.04 Å². The Morgan fingerprint density at radius 3 is 2.77 bits per heavy atom. The Morgan fingerprint density at radius 1 is 1.41 bits per heavy atom. The summed E-state index contributed by atoms with van der Waals surface area (Å²) in [7, 11) is 0. The lowest BCUT2D eigenvalue weighted by molar-refractivity contribution is 0.651. The average Bonchev–Trinajstić information content (AvgIpc) is 2.84. The van der Waals surface area contributed by atoms with Gasteiger partial charge in [-0.15, -0.1) is 0 Å². The number of aromatic nitrogens is 2. The van der Waals surface area contributed by atoms with Crippen LogP contribution in [-0.2, 0) is 6.54 Å². The minimum atomic E-state index is 0.0831. The Morgan fingerprint density at radius 2 is 2.14 bits per heavy atom. The molecular formula is C16H21ClN4S. The zero-order chi connectivity index (χ0) is 16.3. The molecule has 0 saturated carbocycles. The van der Waals surface area contributed by atoms with Crippen molar-refractivity contribution in [3.05, 3.63) is 46.2 Å². The van der Waals surface area contributed by atoms with E-state index >= 15 is 0 Å². The number of thiocarbonyl (C=S) groups is 1. The highest BCUT2D eigenvalue weighted by Crippen LogP contribution is 2.21.